The van der Waals surface area contributed by atoms with Crippen molar-refractivity contribution < 1.29 is 0 Å². The summed E-state index contributed by atoms with van der Waals surface area (Å²) >= 11 is 6.33. The van der Waals surface area contributed by atoms with Crippen molar-refractivity contribution in [1.82, 2.24) is 4.98 Å². The molecule has 19 heavy (non-hydrogen) atoms. The summed E-state index contributed by atoms with van der Waals surface area (Å²) in [5.41, 5.74) is 8.90. The smallest absolute Gasteiger partial charge is 0.0642 e. The highest BCUT2D eigenvalue weighted by Gasteiger charge is 2.07. The maximum Gasteiger partial charge on any atom is 0.0642 e. The number of halogens is 1. The predicted octanol–water partition coefficient (Wildman–Crippen LogP) is 2.87. The molecule has 2 aromatic rings. The van der Waals surface area contributed by atoms with Crippen molar-refractivity contribution in [3.63, 3.8) is 0 Å². The van der Waals surface area contributed by atoms with Gasteiger partial charge in [-0.05, 0) is 42.3 Å². The van der Waals surface area contributed by atoms with Crippen LogP contribution in [0.3, 0.4) is 0 Å². The summed E-state index contributed by atoms with van der Waals surface area (Å²) in [5, 5.41) is 0.761. The van der Waals surface area contributed by atoms with Gasteiger partial charge in [0.25, 0.3) is 0 Å². The van der Waals surface area contributed by atoms with E-state index in [1.807, 2.05) is 31.4 Å². The lowest BCUT2D eigenvalue weighted by atomic mass is 10.1. The Hall–Kier alpha value is -1.58. The van der Waals surface area contributed by atoms with Gasteiger partial charge in [-0.15, -0.1) is 0 Å². The highest BCUT2D eigenvalue weighted by Crippen LogP contribution is 2.27. The molecule has 1 aromatic carbocycles. The predicted molar refractivity (Wildman–Crippen MR) is 80.6 cm³/mol. The molecule has 1 aromatic heterocycles. The number of hydrogen-bond donors (Lipinski definition) is 1. The Morgan fingerprint density at radius 3 is 2.74 bits per heavy atom. The van der Waals surface area contributed by atoms with Crippen LogP contribution in [0.2, 0.25) is 5.02 Å². The van der Waals surface area contributed by atoms with Crippen LogP contribution in [0, 0.1) is 0 Å². The molecule has 0 aliphatic rings. The van der Waals surface area contributed by atoms with Crippen molar-refractivity contribution in [3.05, 3.63) is 58.9 Å². The quantitative estimate of drug-likeness (QED) is 0.912. The zero-order valence-electron chi connectivity index (χ0n) is 11.0. The molecule has 100 valence electrons. The maximum atomic E-state index is 6.33. The summed E-state index contributed by atoms with van der Waals surface area (Å²) in [6.45, 7) is 1.42. The minimum atomic E-state index is 0.640. The van der Waals surface area contributed by atoms with Gasteiger partial charge in [0.1, 0.15) is 0 Å². The highest BCUT2D eigenvalue weighted by atomic mass is 35.5. The van der Waals surface area contributed by atoms with E-state index >= 15 is 0 Å². The first-order chi connectivity index (χ1) is 9.20. The number of benzene rings is 1. The first-order valence-electron chi connectivity index (χ1n) is 6.29. The number of nitrogens with two attached hydrogens (primary N) is 1. The largest absolute Gasteiger partial charge is 0.369 e. The summed E-state index contributed by atoms with van der Waals surface area (Å²) in [7, 11) is 2.02. The summed E-state index contributed by atoms with van der Waals surface area (Å²) < 4.78 is 0. The Labute approximate surface area is 119 Å². The van der Waals surface area contributed by atoms with Crippen molar-refractivity contribution in [2.45, 2.75) is 13.0 Å². The first-order valence-corrected chi connectivity index (χ1v) is 6.67. The molecule has 0 saturated heterocycles. The Kier molecular flexibility index (Phi) is 4.77. The average Bonchev–Trinajstić information content (AvgIpc) is 2.40. The molecule has 0 spiro atoms. The van der Waals surface area contributed by atoms with E-state index in [1.165, 1.54) is 5.56 Å². The van der Waals surface area contributed by atoms with Crippen LogP contribution in [-0.4, -0.2) is 18.6 Å². The van der Waals surface area contributed by atoms with Crippen LogP contribution in [0.1, 0.15) is 11.1 Å². The van der Waals surface area contributed by atoms with Gasteiger partial charge in [0.15, 0.2) is 0 Å². The highest BCUT2D eigenvalue weighted by molar-refractivity contribution is 6.33. The van der Waals surface area contributed by atoms with Gasteiger partial charge in [-0.3, -0.25) is 4.98 Å². The van der Waals surface area contributed by atoms with Crippen LogP contribution in [0.4, 0.5) is 5.69 Å². The normalized spacial score (nSPS) is 10.5. The van der Waals surface area contributed by atoms with Gasteiger partial charge in [-0.25, -0.2) is 0 Å². The molecular weight excluding hydrogens is 258 g/mol. The number of pyridine rings is 1. The molecule has 0 radical (unpaired) electrons. The molecule has 0 atom stereocenters. The molecule has 0 aliphatic heterocycles. The SMILES string of the molecule is CN(Cc1cccnc1)c1ccc(CCN)cc1Cl. The van der Waals surface area contributed by atoms with E-state index in [-0.39, 0.29) is 0 Å². The Morgan fingerprint density at radius 1 is 1.26 bits per heavy atom. The molecule has 2 rings (SSSR count). The molecule has 4 heteroatoms. The second-order valence-electron chi connectivity index (χ2n) is 4.54. The van der Waals surface area contributed by atoms with E-state index in [0.29, 0.717) is 6.54 Å². The number of hydrogen-bond acceptors (Lipinski definition) is 3. The van der Waals surface area contributed by atoms with Gasteiger partial charge in [0, 0.05) is 26.0 Å². The number of aromatic nitrogens is 1. The number of anilines is 1. The molecular formula is C15H18ClN3. The summed E-state index contributed by atoms with van der Waals surface area (Å²) in [6, 6.07) is 10.1. The van der Waals surface area contributed by atoms with Gasteiger partial charge in [0.2, 0.25) is 0 Å². The summed E-state index contributed by atoms with van der Waals surface area (Å²) in [5.74, 6) is 0. The Bertz CT molecular complexity index is 528. The van der Waals surface area contributed by atoms with Crippen LogP contribution >= 0.6 is 11.6 Å². The molecule has 0 unspecified atom stereocenters. The van der Waals surface area contributed by atoms with Crippen LogP contribution < -0.4 is 10.6 Å². The maximum absolute atomic E-state index is 6.33. The fourth-order valence-corrected chi connectivity index (χ4v) is 2.38. The van der Waals surface area contributed by atoms with E-state index < -0.39 is 0 Å². The lowest BCUT2D eigenvalue weighted by molar-refractivity contribution is 0.912. The lowest BCUT2D eigenvalue weighted by Gasteiger charge is -2.21. The second kappa shape index (κ2) is 6.55. The van der Waals surface area contributed by atoms with Crippen molar-refractivity contribution in [1.29, 1.82) is 0 Å². The van der Waals surface area contributed by atoms with E-state index in [9.17, 15) is 0 Å². The average molecular weight is 276 g/mol. The van der Waals surface area contributed by atoms with Crippen LogP contribution in [-0.2, 0) is 13.0 Å². The van der Waals surface area contributed by atoms with Gasteiger partial charge in [-0.2, -0.15) is 0 Å². The van der Waals surface area contributed by atoms with Crippen LogP contribution in [0.25, 0.3) is 0 Å². The van der Waals surface area contributed by atoms with E-state index in [4.69, 9.17) is 17.3 Å². The molecule has 1 heterocycles. The minimum absolute atomic E-state index is 0.640. The van der Waals surface area contributed by atoms with Gasteiger partial charge >= 0.3 is 0 Å². The fourth-order valence-electron chi connectivity index (χ4n) is 2.03. The van der Waals surface area contributed by atoms with Gasteiger partial charge in [0.05, 0.1) is 10.7 Å². The van der Waals surface area contributed by atoms with Crippen molar-refractivity contribution in [3.8, 4) is 0 Å². The topological polar surface area (TPSA) is 42.2 Å². The molecule has 3 nitrogen and oxygen atoms in total. The molecule has 0 fully saturated rings. The first kappa shape index (κ1) is 13.8. The third kappa shape index (κ3) is 3.69. The molecule has 0 aliphatic carbocycles. The molecule has 0 saturated carbocycles. The van der Waals surface area contributed by atoms with Crippen LogP contribution in [0.15, 0.2) is 42.7 Å². The van der Waals surface area contributed by atoms with E-state index in [1.54, 1.807) is 6.20 Å². The molecule has 0 bridgehead atoms. The fraction of sp³-hybridized carbons (Fsp3) is 0.267. The standard InChI is InChI=1S/C15H18ClN3/c1-19(11-13-3-2-8-18-10-13)15-5-4-12(6-7-17)9-14(15)16/h2-5,8-10H,6-7,11,17H2,1H3. The summed E-state index contributed by atoms with van der Waals surface area (Å²) in [4.78, 5) is 6.24. The monoisotopic (exact) mass is 275 g/mol. The van der Waals surface area contributed by atoms with Crippen molar-refractivity contribution >= 4 is 17.3 Å². The minimum Gasteiger partial charge on any atom is -0.369 e. The Morgan fingerprint density at radius 2 is 2.11 bits per heavy atom. The van der Waals surface area contributed by atoms with Crippen molar-refractivity contribution in [2.24, 2.45) is 5.73 Å². The van der Waals surface area contributed by atoms with Crippen LogP contribution in [0.5, 0.6) is 0 Å². The van der Waals surface area contributed by atoms with Gasteiger partial charge < -0.3 is 10.6 Å². The zero-order valence-corrected chi connectivity index (χ0v) is 11.8. The van der Waals surface area contributed by atoms with Gasteiger partial charge in [-0.1, -0.05) is 23.7 Å². The zero-order chi connectivity index (χ0) is 13.7. The number of rotatable bonds is 5. The third-order valence-corrected chi connectivity index (χ3v) is 3.30. The van der Waals surface area contributed by atoms with E-state index in [2.05, 4.69) is 22.0 Å². The lowest BCUT2D eigenvalue weighted by Crippen LogP contribution is -2.17. The Balaban J connectivity index is 2.13. The third-order valence-electron chi connectivity index (χ3n) is 3.00. The second-order valence-corrected chi connectivity index (χ2v) is 4.95. The molecule has 0 amide bonds. The summed E-state index contributed by atoms with van der Waals surface area (Å²) in [6.07, 6.45) is 4.50. The number of nitrogens with zero attached hydrogens (tertiary/aromatic N) is 2. The van der Waals surface area contributed by atoms with E-state index in [0.717, 1.165) is 29.2 Å². The molecule has 2 N–H and O–H groups in total. The van der Waals surface area contributed by atoms with Crippen molar-refractivity contribution in [2.75, 3.05) is 18.5 Å².